The van der Waals surface area contributed by atoms with Gasteiger partial charge in [0.2, 0.25) is 0 Å². The van der Waals surface area contributed by atoms with Gasteiger partial charge in [0.25, 0.3) is 11.5 Å². The number of carbonyl (C=O) groups excluding carboxylic acids is 1. The number of rotatable bonds is 3. The Morgan fingerprint density at radius 1 is 1.29 bits per heavy atom. The van der Waals surface area contributed by atoms with Crippen LogP contribution in [0.1, 0.15) is 38.3 Å². The SMILES string of the molecule is Cc1cc(C)c(CNC(=O)c2cc(Br)c3c(c2C)NCC3)c(=O)[nH]1. The van der Waals surface area contributed by atoms with E-state index >= 15 is 0 Å². The molecule has 1 aliphatic rings. The Morgan fingerprint density at radius 3 is 2.75 bits per heavy atom. The summed E-state index contributed by atoms with van der Waals surface area (Å²) in [6.45, 7) is 6.77. The van der Waals surface area contributed by atoms with Crippen molar-refractivity contribution in [3.05, 3.63) is 60.5 Å². The van der Waals surface area contributed by atoms with Crippen molar-refractivity contribution >= 4 is 27.5 Å². The number of aryl methyl sites for hydroxylation is 2. The molecule has 5 nitrogen and oxygen atoms in total. The summed E-state index contributed by atoms with van der Waals surface area (Å²) >= 11 is 3.55. The molecular formula is C18H20BrN3O2. The van der Waals surface area contributed by atoms with Crippen molar-refractivity contribution in [2.45, 2.75) is 33.7 Å². The molecule has 1 aromatic heterocycles. The molecule has 0 radical (unpaired) electrons. The van der Waals surface area contributed by atoms with Crippen LogP contribution in [0, 0.1) is 20.8 Å². The van der Waals surface area contributed by atoms with Crippen molar-refractivity contribution in [1.82, 2.24) is 10.3 Å². The summed E-state index contributed by atoms with van der Waals surface area (Å²) in [5, 5.41) is 6.21. The molecule has 126 valence electrons. The average molecular weight is 390 g/mol. The Balaban J connectivity index is 1.85. The normalized spacial score (nSPS) is 12.7. The number of carbonyl (C=O) groups is 1. The first-order chi connectivity index (χ1) is 11.4. The number of nitrogens with one attached hydrogen (secondary N) is 3. The number of benzene rings is 1. The molecule has 0 bridgehead atoms. The fourth-order valence-corrected chi connectivity index (χ4v) is 3.83. The van der Waals surface area contributed by atoms with Gasteiger partial charge in [-0.1, -0.05) is 15.9 Å². The van der Waals surface area contributed by atoms with E-state index in [1.165, 1.54) is 5.56 Å². The highest BCUT2D eigenvalue weighted by molar-refractivity contribution is 9.10. The second kappa shape index (κ2) is 6.43. The Labute approximate surface area is 149 Å². The monoisotopic (exact) mass is 389 g/mol. The number of pyridine rings is 1. The van der Waals surface area contributed by atoms with Crippen molar-refractivity contribution in [3.8, 4) is 0 Å². The van der Waals surface area contributed by atoms with Gasteiger partial charge in [0.15, 0.2) is 0 Å². The standard InChI is InChI=1S/C18H20BrN3O2/c1-9-6-10(2)22-18(24)14(9)8-21-17(23)13-7-15(19)12-4-5-20-16(12)11(13)3/h6-7,20H,4-5,8H2,1-3H3,(H,21,23)(H,22,24). The number of fused-ring (bicyclic) bond motifs is 1. The van der Waals surface area contributed by atoms with E-state index in [2.05, 4.69) is 31.5 Å². The van der Waals surface area contributed by atoms with Gasteiger partial charge in [-0.15, -0.1) is 0 Å². The minimum absolute atomic E-state index is 0.152. The summed E-state index contributed by atoms with van der Waals surface area (Å²) in [7, 11) is 0. The van der Waals surface area contributed by atoms with Crippen LogP contribution in [0.2, 0.25) is 0 Å². The molecule has 2 aromatic rings. The van der Waals surface area contributed by atoms with E-state index in [0.29, 0.717) is 11.1 Å². The number of aromatic amines is 1. The molecule has 0 spiro atoms. The van der Waals surface area contributed by atoms with Crippen molar-refractivity contribution in [2.75, 3.05) is 11.9 Å². The second-order valence-corrected chi connectivity index (χ2v) is 7.04. The molecule has 24 heavy (non-hydrogen) atoms. The zero-order chi connectivity index (χ0) is 17.4. The maximum atomic E-state index is 12.6. The number of halogens is 1. The highest BCUT2D eigenvalue weighted by atomic mass is 79.9. The van der Waals surface area contributed by atoms with Gasteiger partial charge < -0.3 is 15.6 Å². The van der Waals surface area contributed by atoms with Crippen molar-refractivity contribution in [3.63, 3.8) is 0 Å². The minimum Gasteiger partial charge on any atom is -0.384 e. The fraction of sp³-hybridized carbons (Fsp3) is 0.333. The Kier molecular flexibility index (Phi) is 4.49. The van der Waals surface area contributed by atoms with Gasteiger partial charge in [-0.05, 0) is 56.0 Å². The van der Waals surface area contributed by atoms with E-state index in [1.54, 1.807) is 0 Å². The van der Waals surface area contributed by atoms with E-state index in [-0.39, 0.29) is 18.0 Å². The van der Waals surface area contributed by atoms with Crippen LogP contribution in [-0.4, -0.2) is 17.4 Å². The van der Waals surface area contributed by atoms with Gasteiger partial charge in [-0.2, -0.15) is 0 Å². The summed E-state index contributed by atoms with van der Waals surface area (Å²) in [5.74, 6) is -0.177. The largest absolute Gasteiger partial charge is 0.384 e. The van der Waals surface area contributed by atoms with E-state index in [4.69, 9.17) is 0 Å². The number of aromatic nitrogens is 1. The lowest BCUT2D eigenvalue weighted by molar-refractivity contribution is 0.0950. The summed E-state index contributed by atoms with van der Waals surface area (Å²) in [5.41, 5.74) is 5.95. The van der Waals surface area contributed by atoms with Gasteiger partial charge in [0.05, 0.1) is 0 Å². The summed E-state index contributed by atoms with van der Waals surface area (Å²) in [6.07, 6.45) is 0.955. The van der Waals surface area contributed by atoms with Gasteiger partial charge in [0, 0.05) is 40.1 Å². The van der Waals surface area contributed by atoms with Crippen molar-refractivity contribution in [1.29, 1.82) is 0 Å². The van der Waals surface area contributed by atoms with Crippen molar-refractivity contribution in [2.24, 2.45) is 0 Å². The number of hydrogen-bond acceptors (Lipinski definition) is 3. The molecule has 0 aliphatic carbocycles. The molecule has 3 rings (SSSR count). The van der Waals surface area contributed by atoms with Crippen LogP contribution >= 0.6 is 15.9 Å². The third-order valence-electron chi connectivity index (χ3n) is 4.48. The molecule has 0 fully saturated rings. The van der Waals surface area contributed by atoms with E-state index < -0.39 is 0 Å². The van der Waals surface area contributed by atoms with Crippen LogP contribution in [0.4, 0.5) is 5.69 Å². The second-order valence-electron chi connectivity index (χ2n) is 6.19. The first-order valence-electron chi connectivity index (χ1n) is 7.92. The zero-order valence-electron chi connectivity index (χ0n) is 14.0. The smallest absolute Gasteiger partial charge is 0.253 e. The third kappa shape index (κ3) is 2.98. The summed E-state index contributed by atoms with van der Waals surface area (Å²) in [4.78, 5) is 27.4. The third-order valence-corrected chi connectivity index (χ3v) is 5.19. The Bertz CT molecular complexity index is 887. The molecule has 0 saturated heterocycles. The van der Waals surface area contributed by atoms with Crippen LogP contribution in [0.3, 0.4) is 0 Å². The Morgan fingerprint density at radius 2 is 2.04 bits per heavy atom. The van der Waals surface area contributed by atoms with Gasteiger partial charge >= 0.3 is 0 Å². The maximum Gasteiger partial charge on any atom is 0.253 e. The van der Waals surface area contributed by atoms with Crippen LogP contribution in [0.5, 0.6) is 0 Å². The first kappa shape index (κ1) is 16.8. The molecule has 1 amide bonds. The van der Waals surface area contributed by atoms with Crippen LogP contribution in [0.15, 0.2) is 21.4 Å². The first-order valence-corrected chi connectivity index (χ1v) is 8.71. The van der Waals surface area contributed by atoms with E-state index in [1.807, 2.05) is 32.9 Å². The van der Waals surface area contributed by atoms with Crippen LogP contribution < -0.4 is 16.2 Å². The predicted octanol–water partition coefficient (Wildman–Crippen LogP) is 2.96. The highest BCUT2D eigenvalue weighted by Gasteiger charge is 2.21. The van der Waals surface area contributed by atoms with Gasteiger partial charge in [-0.3, -0.25) is 9.59 Å². The van der Waals surface area contributed by atoms with E-state index in [9.17, 15) is 9.59 Å². The van der Waals surface area contributed by atoms with Crippen LogP contribution in [0.25, 0.3) is 0 Å². The number of amides is 1. The topological polar surface area (TPSA) is 74.0 Å². The summed E-state index contributed by atoms with van der Waals surface area (Å²) < 4.78 is 0.947. The lowest BCUT2D eigenvalue weighted by Gasteiger charge is -2.14. The number of H-pyrrole nitrogens is 1. The molecule has 3 N–H and O–H groups in total. The fourth-order valence-electron chi connectivity index (χ4n) is 3.20. The van der Waals surface area contributed by atoms with Crippen molar-refractivity contribution < 1.29 is 4.79 Å². The maximum absolute atomic E-state index is 12.6. The van der Waals surface area contributed by atoms with Gasteiger partial charge in [-0.25, -0.2) is 0 Å². The zero-order valence-corrected chi connectivity index (χ0v) is 15.6. The predicted molar refractivity (Wildman–Crippen MR) is 98.8 cm³/mol. The lowest BCUT2D eigenvalue weighted by Crippen LogP contribution is -2.28. The molecule has 2 heterocycles. The molecule has 1 aromatic carbocycles. The van der Waals surface area contributed by atoms with Crippen LogP contribution in [-0.2, 0) is 13.0 Å². The highest BCUT2D eigenvalue weighted by Crippen LogP contribution is 2.35. The lowest BCUT2D eigenvalue weighted by atomic mass is 10.0. The summed E-state index contributed by atoms with van der Waals surface area (Å²) in [6, 6.07) is 3.77. The molecule has 6 heteroatoms. The average Bonchev–Trinajstić information content (AvgIpc) is 3.00. The Hall–Kier alpha value is -2.08. The number of hydrogen-bond donors (Lipinski definition) is 3. The molecular weight excluding hydrogens is 370 g/mol. The van der Waals surface area contributed by atoms with Gasteiger partial charge in [0.1, 0.15) is 0 Å². The van der Waals surface area contributed by atoms with E-state index in [0.717, 1.165) is 39.9 Å². The molecule has 1 aliphatic heterocycles. The minimum atomic E-state index is -0.177. The molecule has 0 atom stereocenters. The molecule has 0 unspecified atom stereocenters. The number of anilines is 1. The quantitative estimate of drug-likeness (QED) is 0.755. The molecule has 0 saturated carbocycles.